The molecule has 0 spiro atoms. The molecular formula is C13H14BrNO2. The second-order valence-electron chi connectivity index (χ2n) is 4.39. The maximum Gasteiger partial charge on any atom is 0.175 e. The Labute approximate surface area is 109 Å². The minimum absolute atomic E-state index is 0.0784. The Balaban J connectivity index is 2.07. The van der Waals surface area contributed by atoms with Crippen LogP contribution in [-0.2, 0) is 0 Å². The molecule has 0 unspecified atom stereocenters. The molecule has 1 aromatic rings. The summed E-state index contributed by atoms with van der Waals surface area (Å²) >= 11 is 3.45. The Kier molecular flexibility index (Phi) is 3.58. The molecule has 1 saturated carbocycles. The van der Waals surface area contributed by atoms with Crippen molar-refractivity contribution in [3.8, 4) is 17.6 Å². The van der Waals surface area contributed by atoms with Gasteiger partial charge in [-0.05, 0) is 40.9 Å². The zero-order valence-electron chi connectivity index (χ0n) is 9.70. The molecule has 1 aromatic carbocycles. The van der Waals surface area contributed by atoms with E-state index in [0.717, 1.165) is 23.1 Å². The predicted molar refractivity (Wildman–Crippen MR) is 68.1 cm³/mol. The molecule has 1 fully saturated rings. The van der Waals surface area contributed by atoms with Gasteiger partial charge in [0.05, 0.1) is 24.3 Å². The summed E-state index contributed by atoms with van der Waals surface area (Å²) in [7, 11) is 1.62. The van der Waals surface area contributed by atoms with E-state index in [1.54, 1.807) is 7.11 Å². The number of para-hydroxylation sites is 1. The van der Waals surface area contributed by atoms with Crippen LogP contribution >= 0.6 is 15.9 Å². The van der Waals surface area contributed by atoms with Crippen molar-refractivity contribution >= 4 is 15.9 Å². The van der Waals surface area contributed by atoms with E-state index >= 15 is 0 Å². The summed E-state index contributed by atoms with van der Waals surface area (Å²) in [4.78, 5) is 0. The van der Waals surface area contributed by atoms with Crippen molar-refractivity contribution < 1.29 is 9.47 Å². The summed E-state index contributed by atoms with van der Waals surface area (Å²) in [6.45, 7) is 0.583. The standard InChI is InChI=1S/C13H14BrNO2/c1-16-11-4-2-3-10(14)12(11)17-9-13(5-6-13)7-8-15/h2-4H,5-7,9H2,1H3. The summed E-state index contributed by atoms with van der Waals surface area (Å²) in [6.07, 6.45) is 2.72. The molecule has 3 nitrogen and oxygen atoms in total. The van der Waals surface area contributed by atoms with Crippen LogP contribution in [0, 0.1) is 16.7 Å². The molecule has 0 aliphatic heterocycles. The van der Waals surface area contributed by atoms with Gasteiger partial charge in [-0.1, -0.05) is 6.07 Å². The third kappa shape index (κ3) is 2.73. The van der Waals surface area contributed by atoms with Crippen molar-refractivity contribution in [2.75, 3.05) is 13.7 Å². The predicted octanol–water partition coefficient (Wildman–Crippen LogP) is 3.53. The Morgan fingerprint density at radius 3 is 2.82 bits per heavy atom. The van der Waals surface area contributed by atoms with Crippen LogP contribution in [0.5, 0.6) is 11.5 Å². The van der Waals surface area contributed by atoms with Gasteiger partial charge in [-0.3, -0.25) is 0 Å². The van der Waals surface area contributed by atoms with Gasteiger partial charge in [0.1, 0.15) is 0 Å². The van der Waals surface area contributed by atoms with Crippen LogP contribution < -0.4 is 9.47 Å². The van der Waals surface area contributed by atoms with E-state index in [-0.39, 0.29) is 5.41 Å². The number of ether oxygens (including phenoxy) is 2. The Hall–Kier alpha value is -1.21. The molecule has 17 heavy (non-hydrogen) atoms. The van der Waals surface area contributed by atoms with Crippen LogP contribution in [0.25, 0.3) is 0 Å². The van der Waals surface area contributed by atoms with E-state index in [1.807, 2.05) is 18.2 Å². The summed E-state index contributed by atoms with van der Waals surface area (Å²) in [5.41, 5.74) is 0.0784. The lowest BCUT2D eigenvalue weighted by Gasteiger charge is -2.16. The van der Waals surface area contributed by atoms with Gasteiger partial charge in [-0.2, -0.15) is 5.26 Å². The minimum Gasteiger partial charge on any atom is -0.493 e. The molecule has 0 aromatic heterocycles. The van der Waals surface area contributed by atoms with Gasteiger partial charge >= 0.3 is 0 Å². The third-order valence-electron chi connectivity index (χ3n) is 3.08. The first-order valence-corrected chi connectivity index (χ1v) is 6.32. The van der Waals surface area contributed by atoms with Gasteiger partial charge in [0.25, 0.3) is 0 Å². The molecular weight excluding hydrogens is 282 g/mol. The molecule has 0 bridgehead atoms. The molecule has 2 rings (SSSR count). The highest BCUT2D eigenvalue weighted by Gasteiger charge is 2.43. The lowest BCUT2D eigenvalue weighted by molar-refractivity contribution is 0.225. The average Bonchev–Trinajstić information content (AvgIpc) is 3.08. The number of hydrogen-bond donors (Lipinski definition) is 0. The number of hydrogen-bond acceptors (Lipinski definition) is 3. The van der Waals surface area contributed by atoms with Crippen molar-refractivity contribution in [1.29, 1.82) is 5.26 Å². The van der Waals surface area contributed by atoms with Crippen LogP contribution in [-0.4, -0.2) is 13.7 Å². The summed E-state index contributed by atoms with van der Waals surface area (Å²) in [5.74, 6) is 1.44. The van der Waals surface area contributed by atoms with Gasteiger partial charge < -0.3 is 9.47 Å². The van der Waals surface area contributed by atoms with Crippen LogP contribution in [0.3, 0.4) is 0 Å². The fourth-order valence-corrected chi connectivity index (χ4v) is 2.19. The van der Waals surface area contributed by atoms with Crippen LogP contribution in [0.4, 0.5) is 0 Å². The SMILES string of the molecule is COc1cccc(Br)c1OCC1(CC#N)CC1. The molecule has 0 amide bonds. The fourth-order valence-electron chi connectivity index (χ4n) is 1.73. The molecule has 0 heterocycles. The molecule has 0 radical (unpaired) electrons. The van der Waals surface area contributed by atoms with Crippen molar-refractivity contribution in [3.63, 3.8) is 0 Å². The van der Waals surface area contributed by atoms with Crippen LogP contribution in [0.2, 0.25) is 0 Å². The molecule has 0 atom stereocenters. The van der Waals surface area contributed by atoms with Crippen molar-refractivity contribution in [2.24, 2.45) is 5.41 Å². The van der Waals surface area contributed by atoms with Crippen molar-refractivity contribution in [2.45, 2.75) is 19.3 Å². The van der Waals surface area contributed by atoms with Gasteiger partial charge in [0.2, 0.25) is 0 Å². The first-order valence-electron chi connectivity index (χ1n) is 5.53. The van der Waals surface area contributed by atoms with Crippen molar-refractivity contribution in [1.82, 2.24) is 0 Å². The van der Waals surface area contributed by atoms with Crippen molar-refractivity contribution in [3.05, 3.63) is 22.7 Å². The van der Waals surface area contributed by atoms with E-state index in [9.17, 15) is 0 Å². The number of methoxy groups -OCH3 is 1. The maximum absolute atomic E-state index is 8.75. The average molecular weight is 296 g/mol. The topological polar surface area (TPSA) is 42.2 Å². The first-order chi connectivity index (χ1) is 8.21. The lowest BCUT2D eigenvalue weighted by atomic mass is 10.1. The summed E-state index contributed by atoms with van der Waals surface area (Å²) in [5, 5.41) is 8.75. The van der Waals surface area contributed by atoms with E-state index < -0.39 is 0 Å². The van der Waals surface area contributed by atoms with Gasteiger partial charge in [0, 0.05) is 11.8 Å². The Morgan fingerprint density at radius 2 is 2.24 bits per heavy atom. The van der Waals surface area contributed by atoms with Crippen LogP contribution in [0.15, 0.2) is 22.7 Å². The normalized spacial score (nSPS) is 16.1. The zero-order chi connectivity index (χ0) is 12.3. The van der Waals surface area contributed by atoms with E-state index in [0.29, 0.717) is 18.8 Å². The van der Waals surface area contributed by atoms with E-state index in [4.69, 9.17) is 14.7 Å². The second-order valence-corrected chi connectivity index (χ2v) is 5.25. The smallest absolute Gasteiger partial charge is 0.175 e. The van der Waals surface area contributed by atoms with E-state index in [1.165, 1.54) is 0 Å². The molecule has 90 valence electrons. The number of halogens is 1. The first kappa shape index (κ1) is 12.3. The second kappa shape index (κ2) is 4.97. The van der Waals surface area contributed by atoms with E-state index in [2.05, 4.69) is 22.0 Å². The van der Waals surface area contributed by atoms with Gasteiger partial charge in [-0.25, -0.2) is 0 Å². The zero-order valence-corrected chi connectivity index (χ0v) is 11.3. The highest BCUT2D eigenvalue weighted by Crippen LogP contribution is 2.49. The largest absolute Gasteiger partial charge is 0.493 e. The molecule has 1 aliphatic carbocycles. The van der Waals surface area contributed by atoms with Gasteiger partial charge in [0.15, 0.2) is 11.5 Å². The number of rotatable bonds is 5. The number of nitrogens with zero attached hydrogens (tertiary/aromatic N) is 1. The minimum atomic E-state index is 0.0784. The highest BCUT2D eigenvalue weighted by molar-refractivity contribution is 9.10. The summed E-state index contributed by atoms with van der Waals surface area (Å²) in [6, 6.07) is 7.91. The molecule has 0 N–H and O–H groups in total. The Morgan fingerprint density at radius 1 is 1.47 bits per heavy atom. The Bertz CT molecular complexity index is 449. The van der Waals surface area contributed by atoms with Crippen LogP contribution in [0.1, 0.15) is 19.3 Å². The fraction of sp³-hybridized carbons (Fsp3) is 0.462. The lowest BCUT2D eigenvalue weighted by Crippen LogP contribution is -2.13. The maximum atomic E-state index is 8.75. The molecule has 1 aliphatic rings. The monoisotopic (exact) mass is 295 g/mol. The quantitative estimate of drug-likeness (QED) is 0.834. The highest BCUT2D eigenvalue weighted by atomic mass is 79.9. The summed E-state index contributed by atoms with van der Waals surface area (Å²) < 4.78 is 11.9. The number of benzene rings is 1. The third-order valence-corrected chi connectivity index (χ3v) is 3.71. The molecule has 0 saturated heterocycles. The number of nitriles is 1. The molecule has 4 heteroatoms. The van der Waals surface area contributed by atoms with Gasteiger partial charge in [-0.15, -0.1) is 0 Å².